The minimum absolute atomic E-state index is 0.0425. The maximum absolute atomic E-state index is 13.3. The number of thiazole rings is 1. The van der Waals surface area contributed by atoms with Crippen LogP contribution in [0.2, 0.25) is 0 Å². The van der Waals surface area contributed by atoms with Crippen LogP contribution in [0.25, 0.3) is 16.0 Å². The van der Waals surface area contributed by atoms with Crippen LogP contribution in [0.1, 0.15) is 42.7 Å². The van der Waals surface area contributed by atoms with Gasteiger partial charge in [0, 0.05) is 5.56 Å². The van der Waals surface area contributed by atoms with Crippen LogP contribution in [0.3, 0.4) is 0 Å². The predicted molar refractivity (Wildman–Crippen MR) is 130 cm³/mol. The Morgan fingerprint density at radius 1 is 1.15 bits per heavy atom. The van der Waals surface area contributed by atoms with Crippen LogP contribution < -0.4 is 9.64 Å². The van der Waals surface area contributed by atoms with Gasteiger partial charge in [-0.3, -0.25) is 14.5 Å². The fourth-order valence-electron chi connectivity index (χ4n) is 4.20. The van der Waals surface area contributed by atoms with Crippen molar-refractivity contribution >= 4 is 44.1 Å². The topological polar surface area (TPSA) is 92.9 Å². The molecule has 1 N–H and O–H groups in total. The van der Waals surface area contributed by atoms with Crippen molar-refractivity contribution in [2.45, 2.75) is 25.8 Å². The normalized spacial score (nSPS) is 17.8. The van der Waals surface area contributed by atoms with Crippen LogP contribution in [0, 0.1) is 0 Å². The number of aromatic nitrogens is 1. The standard InChI is InChI=1S/C26H22N2O5S/c1-14(2)16-13-15(10-11-18(16)32-3)23(29)21-22(19-8-6-12-33-19)28(25(31)24(21)30)26-27-17-7-4-5-9-20(17)34-26/h4-14,22,29H,1-3H3/b23-21+. The number of amides is 1. The number of aliphatic hydroxyl groups is 1. The second-order valence-corrected chi connectivity index (χ2v) is 9.27. The molecular weight excluding hydrogens is 452 g/mol. The second kappa shape index (κ2) is 8.46. The molecule has 0 spiro atoms. The highest BCUT2D eigenvalue weighted by Crippen LogP contribution is 2.44. The zero-order chi connectivity index (χ0) is 24.0. The van der Waals surface area contributed by atoms with Gasteiger partial charge in [-0.1, -0.05) is 37.3 Å². The highest BCUT2D eigenvalue weighted by molar-refractivity contribution is 7.22. The summed E-state index contributed by atoms with van der Waals surface area (Å²) in [6.45, 7) is 4.02. The maximum atomic E-state index is 13.3. The van der Waals surface area contributed by atoms with Gasteiger partial charge in [0.25, 0.3) is 5.78 Å². The van der Waals surface area contributed by atoms with Crippen molar-refractivity contribution in [3.05, 3.63) is 83.3 Å². The lowest BCUT2D eigenvalue weighted by molar-refractivity contribution is -0.132. The number of anilines is 1. The van der Waals surface area contributed by atoms with Crippen LogP contribution >= 0.6 is 11.3 Å². The minimum Gasteiger partial charge on any atom is -0.507 e. The van der Waals surface area contributed by atoms with E-state index < -0.39 is 17.7 Å². The summed E-state index contributed by atoms with van der Waals surface area (Å²) in [5, 5.41) is 11.7. The number of para-hydroxylation sites is 1. The molecule has 1 amide bonds. The maximum Gasteiger partial charge on any atom is 0.302 e. The molecule has 3 heterocycles. The molecule has 1 unspecified atom stereocenters. The largest absolute Gasteiger partial charge is 0.507 e. The number of nitrogens with zero attached hydrogens (tertiary/aromatic N) is 2. The van der Waals surface area contributed by atoms with Gasteiger partial charge in [-0.25, -0.2) is 4.98 Å². The van der Waals surface area contributed by atoms with E-state index in [1.165, 1.54) is 22.5 Å². The molecule has 1 atom stereocenters. The molecule has 1 fully saturated rings. The van der Waals surface area contributed by atoms with E-state index in [0.717, 1.165) is 15.8 Å². The molecular formula is C26H22N2O5S. The van der Waals surface area contributed by atoms with Gasteiger partial charge >= 0.3 is 5.91 Å². The Hall–Kier alpha value is -3.91. The molecule has 34 heavy (non-hydrogen) atoms. The zero-order valence-electron chi connectivity index (χ0n) is 18.8. The van der Waals surface area contributed by atoms with Crippen molar-refractivity contribution < 1.29 is 23.8 Å². The van der Waals surface area contributed by atoms with Crippen molar-refractivity contribution in [1.82, 2.24) is 4.98 Å². The molecule has 1 saturated heterocycles. The number of hydrogen-bond acceptors (Lipinski definition) is 7. The summed E-state index contributed by atoms with van der Waals surface area (Å²) in [6, 6.07) is 15.1. The molecule has 2 aromatic heterocycles. The number of carbonyl (C=O) groups is 2. The lowest BCUT2D eigenvalue weighted by Gasteiger charge is -2.20. The number of fused-ring (bicyclic) bond motifs is 1. The third-order valence-corrected chi connectivity index (χ3v) is 6.91. The van der Waals surface area contributed by atoms with Gasteiger partial charge in [0.05, 0.1) is 29.2 Å². The molecule has 7 nitrogen and oxygen atoms in total. The highest BCUT2D eigenvalue weighted by Gasteiger charge is 2.49. The Morgan fingerprint density at radius 2 is 1.94 bits per heavy atom. The lowest BCUT2D eigenvalue weighted by atomic mass is 9.95. The number of benzene rings is 2. The van der Waals surface area contributed by atoms with Crippen LogP contribution in [0.15, 0.2) is 70.9 Å². The molecule has 2 aromatic carbocycles. The fraction of sp³-hybridized carbons (Fsp3) is 0.192. The van der Waals surface area contributed by atoms with Crippen molar-refractivity contribution in [3.63, 3.8) is 0 Å². The first kappa shape index (κ1) is 21.9. The number of rotatable bonds is 5. The van der Waals surface area contributed by atoms with Gasteiger partial charge in [0.2, 0.25) is 0 Å². The number of methoxy groups -OCH3 is 1. The van der Waals surface area contributed by atoms with Crippen LogP contribution in [0.4, 0.5) is 5.13 Å². The second-order valence-electron chi connectivity index (χ2n) is 8.26. The summed E-state index contributed by atoms with van der Waals surface area (Å²) in [5.74, 6) is -0.664. The first-order chi connectivity index (χ1) is 16.4. The lowest BCUT2D eigenvalue weighted by Crippen LogP contribution is -2.29. The zero-order valence-corrected chi connectivity index (χ0v) is 19.6. The first-order valence-electron chi connectivity index (χ1n) is 10.8. The van der Waals surface area contributed by atoms with Crippen LogP contribution in [0.5, 0.6) is 5.75 Å². The number of hydrogen-bond donors (Lipinski definition) is 1. The molecule has 5 rings (SSSR count). The summed E-state index contributed by atoms with van der Waals surface area (Å²) in [6.07, 6.45) is 1.47. The van der Waals surface area contributed by atoms with E-state index in [1.807, 2.05) is 38.1 Å². The number of carbonyl (C=O) groups excluding carboxylic acids is 2. The molecule has 172 valence electrons. The Labute approximate surface area is 199 Å². The van der Waals surface area contributed by atoms with Gasteiger partial charge in [-0.15, -0.1) is 0 Å². The van der Waals surface area contributed by atoms with Crippen molar-refractivity contribution in [2.75, 3.05) is 12.0 Å². The number of ether oxygens (including phenoxy) is 1. The molecule has 8 heteroatoms. The van der Waals surface area contributed by atoms with Gasteiger partial charge in [-0.2, -0.15) is 0 Å². The fourth-order valence-corrected chi connectivity index (χ4v) is 5.19. The Kier molecular flexibility index (Phi) is 5.45. The molecule has 0 radical (unpaired) electrons. The SMILES string of the molecule is COc1ccc(/C(O)=C2\C(=O)C(=O)N(c3nc4ccccc4s3)C2c2ccco2)cc1C(C)C. The smallest absolute Gasteiger partial charge is 0.302 e. The molecule has 1 aliphatic rings. The van der Waals surface area contributed by atoms with Crippen LogP contribution in [-0.4, -0.2) is 28.9 Å². The van der Waals surface area contributed by atoms with Crippen molar-refractivity contribution in [2.24, 2.45) is 0 Å². The first-order valence-corrected chi connectivity index (χ1v) is 11.6. The summed E-state index contributed by atoms with van der Waals surface area (Å²) in [5.41, 5.74) is 1.98. The average Bonchev–Trinajstić information content (AvgIpc) is 3.56. The minimum atomic E-state index is -0.944. The quantitative estimate of drug-likeness (QED) is 0.228. The van der Waals surface area contributed by atoms with E-state index in [-0.39, 0.29) is 17.3 Å². The van der Waals surface area contributed by atoms with E-state index in [4.69, 9.17) is 9.15 Å². The summed E-state index contributed by atoms with van der Waals surface area (Å²) >= 11 is 1.30. The highest BCUT2D eigenvalue weighted by atomic mass is 32.1. The van der Waals surface area contributed by atoms with Gasteiger partial charge in [0.15, 0.2) is 5.13 Å². The van der Waals surface area contributed by atoms with E-state index in [1.54, 1.807) is 37.4 Å². The van der Waals surface area contributed by atoms with E-state index in [0.29, 0.717) is 22.2 Å². The van der Waals surface area contributed by atoms with Crippen molar-refractivity contribution in [1.29, 1.82) is 0 Å². The Balaban J connectivity index is 1.70. The number of aliphatic hydroxyl groups excluding tert-OH is 1. The molecule has 1 aliphatic heterocycles. The molecule has 0 saturated carbocycles. The number of ketones is 1. The summed E-state index contributed by atoms with van der Waals surface area (Å²) in [4.78, 5) is 32.4. The third kappa shape index (κ3) is 3.47. The Morgan fingerprint density at radius 3 is 2.62 bits per heavy atom. The van der Waals surface area contributed by atoms with Gasteiger partial charge in [-0.05, 0) is 53.9 Å². The number of furan rings is 1. The monoisotopic (exact) mass is 474 g/mol. The number of Topliss-reactive ketones (excluding diaryl/α,β-unsaturated/α-hetero) is 1. The predicted octanol–water partition coefficient (Wildman–Crippen LogP) is 5.65. The van der Waals surface area contributed by atoms with E-state index in [2.05, 4.69) is 4.98 Å². The molecule has 0 bridgehead atoms. The molecule has 4 aromatic rings. The van der Waals surface area contributed by atoms with Gasteiger partial charge < -0.3 is 14.3 Å². The summed E-state index contributed by atoms with van der Waals surface area (Å²) in [7, 11) is 1.58. The summed E-state index contributed by atoms with van der Waals surface area (Å²) < 4.78 is 11.9. The van der Waals surface area contributed by atoms with Crippen molar-refractivity contribution in [3.8, 4) is 5.75 Å². The van der Waals surface area contributed by atoms with Gasteiger partial charge in [0.1, 0.15) is 23.3 Å². The average molecular weight is 475 g/mol. The van der Waals surface area contributed by atoms with E-state index in [9.17, 15) is 14.7 Å². The molecule has 0 aliphatic carbocycles. The van der Waals surface area contributed by atoms with Crippen LogP contribution in [-0.2, 0) is 9.59 Å². The third-order valence-electron chi connectivity index (χ3n) is 5.87. The Bertz CT molecular complexity index is 1400. The van der Waals surface area contributed by atoms with E-state index >= 15 is 0 Å².